The maximum atomic E-state index is 14.3. The number of hydrogen-bond acceptors (Lipinski definition) is 7. The minimum atomic E-state index is -2.36. The predicted octanol–water partition coefficient (Wildman–Crippen LogP) is 8.16. The maximum Gasteiger partial charge on any atom is 0.339 e. The van der Waals surface area contributed by atoms with Crippen LogP contribution in [0.3, 0.4) is 0 Å². The molecule has 288 valence electrons. The molecule has 3 atom stereocenters. The van der Waals surface area contributed by atoms with Crippen molar-refractivity contribution in [2.45, 2.75) is 135 Å². The first-order chi connectivity index (χ1) is 24.7. The summed E-state index contributed by atoms with van der Waals surface area (Å²) >= 11 is 0. The molecule has 0 fully saturated rings. The molecule has 0 heterocycles. The van der Waals surface area contributed by atoms with Gasteiger partial charge < -0.3 is 25.0 Å². The first-order valence-corrected chi connectivity index (χ1v) is 18.7. The first kappa shape index (κ1) is 44.3. The maximum absolute atomic E-state index is 14.3. The molecular formula is C42H60FNO8. The molecule has 0 saturated heterocycles. The Hall–Kier alpha value is -3.89. The van der Waals surface area contributed by atoms with Crippen molar-refractivity contribution in [2.75, 3.05) is 13.7 Å². The lowest BCUT2D eigenvalue weighted by atomic mass is 9.82. The van der Waals surface area contributed by atoms with Crippen LogP contribution >= 0.6 is 0 Å². The molecule has 10 heteroatoms. The van der Waals surface area contributed by atoms with Crippen LogP contribution in [0.2, 0.25) is 0 Å². The van der Waals surface area contributed by atoms with Gasteiger partial charge in [0.25, 0.3) is 0 Å². The van der Waals surface area contributed by atoms with Crippen LogP contribution in [0.5, 0.6) is 0 Å². The monoisotopic (exact) mass is 725 g/mol. The summed E-state index contributed by atoms with van der Waals surface area (Å²) in [4.78, 5) is 51.9. The third kappa shape index (κ3) is 15.8. The number of ketones is 1. The van der Waals surface area contributed by atoms with E-state index in [2.05, 4.69) is 12.2 Å². The normalized spacial score (nSPS) is 14.1. The van der Waals surface area contributed by atoms with Gasteiger partial charge in [-0.25, -0.2) is 14.0 Å². The summed E-state index contributed by atoms with van der Waals surface area (Å²) < 4.78 is 25.0. The lowest BCUT2D eigenvalue weighted by Gasteiger charge is -2.34. The van der Waals surface area contributed by atoms with Crippen LogP contribution in [0.4, 0.5) is 4.39 Å². The van der Waals surface area contributed by atoms with Gasteiger partial charge in [0.05, 0.1) is 5.92 Å². The first-order valence-electron chi connectivity index (χ1n) is 18.7. The highest BCUT2D eigenvalue weighted by Gasteiger charge is 2.49. The van der Waals surface area contributed by atoms with Gasteiger partial charge in [0.15, 0.2) is 5.60 Å². The highest BCUT2D eigenvalue weighted by Crippen LogP contribution is 2.29. The summed E-state index contributed by atoms with van der Waals surface area (Å²) in [5.41, 5.74) is -1.73. The number of nitrogens with one attached hydrogen (secondary N) is 1. The Balaban J connectivity index is 2.15. The molecule has 2 aromatic rings. The quantitative estimate of drug-likeness (QED) is 0.0530. The zero-order valence-electron chi connectivity index (χ0n) is 31.8. The van der Waals surface area contributed by atoms with Crippen molar-refractivity contribution >= 4 is 23.6 Å². The van der Waals surface area contributed by atoms with E-state index in [-0.39, 0.29) is 25.3 Å². The number of aliphatic hydroxyl groups is 1. The van der Waals surface area contributed by atoms with Gasteiger partial charge in [-0.05, 0) is 63.6 Å². The van der Waals surface area contributed by atoms with Gasteiger partial charge in [0.1, 0.15) is 23.2 Å². The highest BCUT2D eigenvalue weighted by molar-refractivity contribution is 5.93. The molecule has 2 aromatic carbocycles. The third-order valence-corrected chi connectivity index (χ3v) is 8.89. The van der Waals surface area contributed by atoms with Crippen molar-refractivity contribution in [3.63, 3.8) is 0 Å². The topological polar surface area (TPSA) is 139 Å². The second-order valence-electron chi connectivity index (χ2n) is 14.5. The number of benzene rings is 2. The number of halogens is 1. The van der Waals surface area contributed by atoms with Gasteiger partial charge in [-0.15, -0.1) is 0 Å². The number of carboxylic acid groups (broad SMARTS) is 1. The Morgan fingerprint density at radius 2 is 1.50 bits per heavy atom. The largest absolute Gasteiger partial charge is 0.480 e. The molecule has 1 amide bonds. The van der Waals surface area contributed by atoms with E-state index in [0.29, 0.717) is 41.7 Å². The Kier molecular flexibility index (Phi) is 19.5. The van der Waals surface area contributed by atoms with Gasteiger partial charge in [-0.1, -0.05) is 100 Å². The van der Waals surface area contributed by atoms with Crippen LogP contribution in [0.1, 0.15) is 117 Å². The van der Waals surface area contributed by atoms with Crippen molar-refractivity contribution in [2.24, 2.45) is 5.92 Å². The van der Waals surface area contributed by atoms with E-state index < -0.39 is 41.0 Å². The fourth-order valence-corrected chi connectivity index (χ4v) is 5.91. The van der Waals surface area contributed by atoms with Crippen molar-refractivity contribution in [3.8, 4) is 11.1 Å². The van der Waals surface area contributed by atoms with Gasteiger partial charge >= 0.3 is 11.9 Å². The number of amides is 1. The highest BCUT2D eigenvalue weighted by atomic mass is 19.1. The molecule has 52 heavy (non-hydrogen) atoms. The minimum absolute atomic E-state index is 0.0679. The number of hydrogen-bond donors (Lipinski definition) is 3. The number of allylic oxidation sites excluding steroid dienone is 1. The Morgan fingerprint density at radius 3 is 2.08 bits per heavy atom. The van der Waals surface area contributed by atoms with Crippen LogP contribution in [0.15, 0.2) is 60.7 Å². The van der Waals surface area contributed by atoms with E-state index in [1.54, 1.807) is 69.3 Å². The zero-order valence-corrected chi connectivity index (χ0v) is 31.8. The fourth-order valence-electron chi connectivity index (χ4n) is 5.91. The molecule has 0 aromatic heterocycles. The van der Waals surface area contributed by atoms with Crippen molar-refractivity contribution in [3.05, 3.63) is 72.1 Å². The summed E-state index contributed by atoms with van der Waals surface area (Å²) in [6.45, 7) is 7.03. The molecule has 0 aliphatic carbocycles. The number of rotatable bonds is 25. The van der Waals surface area contributed by atoms with E-state index in [0.717, 1.165) is 38.5 Å². The summed E-state index contributed by atoms with van der Waals surface area (Å²) in [5, 5.41) is 24.5. The predicted molar refractivity (Wildman–Crippen MR) is 201 cm³/mol. The second-order valence-corrected chi connectivity index (χ2v) is 14.5. The molecule has 0 spiro atoms. The zero-order chi connectivity index (χ0) is 38.6. The summed E-state index contributed by atoms with van der Waals surface area (Å²) in [5.74, 6) is -4.75. The molecule has 9 nitrogen and oxygen atoms in total. The smallest absolute Gasteiger partial charge is 0.339 e. The number of carbonyl (C=O) groups excluding carboxylic acids is 3. The summed E-state index contributed by atoms with van der Waals surface area (Å²) in [7, 11) is 1.40. The average molecular weight is 726 g/mol. The Labute approximate surface area is 309 Å². The fraction of sp³-hybridized carbons (Fsp3) is 0.571. The summed E-state index contributed by atoms with van der Waals surface area (Å²) in [6, 6.07) is 11.6. The lowest BCUT2D eigenvalue weighted by Crippen LogP contribution is -2.56. The van der Waals surface area contributed by atoms with E-state index in [4.69, 9.17) is 9.47 Å². The number of carbonyl (C=O) groups is 4. The number of unbranched alkanes of at least 4 members (excludes halogenated alkanes) is 8. The molecule has 0 radical (unpaired) electrons. The number of Topliss-reactive ketones (excluding diaryl/α,β-unsaturated/α-hetero) is 1. The van der Waals surface area contributed by atoms with Crippen LogP contribution in [-0.4, -0.2) is 64.8 Å². The van der Waals surface area contributed by atoms with Crippen molar-refractivity contribution in [1.29, 1.82) is 0 Å². The van der Waals surface area contributed by atoms with E-state index in [1.165, 1.54) is 38.5 Å². The Bertz CT molecular complexity index is 1430. The van der Waals surface area contributed by atoms with Crippen molar-refractivity contribution in [1.82, 2.24) is 5.32 Å². The number of methoxy groups -OCH3 is 1. The van der Waals surface area contributed by atoms with Crippen LogP contribution in [0.25, 0.3) is 11.1 Å². The molecule has 0 aliphatic rings. The number of carboxylic acids is 1. The molecule has 0 unspecified atom stereocenters. The summed E-state index contributed by atoms with van der Waals surface area (Å²) in [6.07, 6.45) is 13.5. The minimum Gasteiger partial charge on any atom is -0.480 e. The molecule has 0 saturated carbocycles. The molecule has 2 rings (SSSR count). The van der Waals surface area contributed by atoms with Crippen LogP contribution in [0, 0.1) is 11.7 Å². The van der Waals surface area contributed by atoms with E-state index in [9.17, 15) is 33.8 Å². The van der Waals surface area contributed by atoms with Crippen LogP contribution < -0.4 is 5.32 Å². The number of esters is 1. The van der Waals surface area contributed by atoms with E-state index >= 15 is 0 Å². The molecule has 3 N–H and O–H groups in total. The second kappa shape index (κ2) is 22.9. The van der Waals surface area contributed by atoms with Gasteiger partial charge in [0, 0.05) is 45.0 Å². The molecule has 0 bridgehead atoms. The lowest BCUT2D eigenvalue weighted by molar-refractivity contribution is -0.185. The number of ether oxygens (including phenoxy) is 2. The molecular weight excluding hydrogens is 665 g/mol. The average Bonchev–Trinajstić information content (AvgIpc) is 3.09. The van der Waals surface area contributed by atoms with E-state index in [1.807, 2.05) is 0 Å². The molecule has 0 aliphatic heterocycles. The standard InChI is InChI=1S/C42H60FNO8/c1-6-7-8-11-14-19-33(45)20-15-12-9-10-13-16-22-35(42(50,28-29-51-5)40(49)52-41(2,3)4)38(46)44-37(39(47)48)30-31-24-26-32(27-25-31)34-21-17-18-23-36(34)43/h16-18,21-27,35,37,50H,6-15,19-20,28-30H2,1-5H3,(H,44,46)(H,47,48)/b22-16+/t35-,37+,42+/m1/s1. The SMILES string of the molecule is CCCCCCCC(=O)CCCCCC/C=C/[C@H](C(=O)N[C@@H](Cc1ccc(-c2ccccc2F)cc1)C(=O)O)[C@@](O)(CCOC)C(=O)OC(C)(C)C. The van der Waals surface area contributed by atoms with Gasteiger partial charge in [0.2, 0.25) is 5.91 Å². The van der Waals surface area contributed by atoms with Crippen LogP contribution in [-0.2, 0) is 35.1 Å². The van der Waals surface area contributed by atoms with Gasteiger partial charge in [-0.3, -0.25) is 9.59 Å². The van der Waals surface area contributed by atoms with Gasteiger partial charge in [-0.2, -0.15) is 0 Å². The van der Waals surface area contributed by atoms with Crippen molar-refractivity contribution < 1.29 is 43.3 Å². The number of aliphatic carboxylic acids is 1. The Morgan fingerprint density at radius 1 is 0.885 bits per heavy atom. The third-order valence-electron chi connectivity index (χ3n) is 8.89.